The Hall–Kier alpha value is -1.37. The minimum Gasteiger partial charge on any atom is -0.375 e. The van der Waals surface area contributed by atoms with Gasteiger partial charge in [0.1, 0.15) is 5.65 Å². The lowest BCUT2D eigenvalue weighted by Gasteiger charge is -2.33. The first kappa shape index (κ1) is 22.3. The van der Waals surface area contributed by atoms with Crippen LogP contribution in [-0.4, -0.2) is 39.7 Å². The Bertz CT molecular complexity index is 971. The van der Waals surface area contributed by atoms with Crippen molar-refractivity contribution >= 4 is 42.1 Å². The molecule has 156 valence electrons. The number of piperidine rings is 1. The lowest BCUT2D eigenvalue weighted by Crippen LogP contribution is -2.41. The van der Waals surface area contributed by atoms with E-state index in [9.17, 15) is 0 Å². The largest absolute Gasteiger partial charge is 0.375 e. The quantitative estimate of drug-likeness (QED) is 0.627. The van der Waals surface area contributed by atoms with Gasteiger partial charge in [-0.05, 0) is 69.0 Å². The van der Waals surface area contributed by atoms with E-state index in [2.05, 4.69) is 22.4 Å². The number of hydrogen-bond acceptors (Lipinski definition) is 4. The van der Waals surface area contributed by atoms with Crippen molar-refractivity contribution in [3.63, 3.8) is 0 Å². The summed E-state index contributed by atoms with van der Waals surface area (Å²) >= 11 is 6.16. The van der Waals surface area contributed by atoms with Crippen LogP contribution in [-0.2, 0) is 11.2 Å². The zero-order valence-electron chi connectivity index (χ0n) is 16.0. The number of nitrogens with zero attached hydrogens (tertiary/aromatic N) is 3. The van der Waals surface area contributed by atoms with Crippen LogP contribution in [0.5, 0.6) is 0 Å². The maximum absolute atomic E-state index is 6.24. The number of pyridine rings is 2. The predicted molar refractivity (Wildman–Crippen MR) is 121 cm³/mol. The number of imidazole rings is 1. The maximum Gasteiger partial charge on any atom is 0.137 e. The predicted octanol–water partition coefficient (Wildman–Crippen LogP) is 4.59. The average molecular weight is 456 g/mol. The van der Waals surface area contributed by atoms with E-state index in [0.717, 1.165) is 68.1 Å². The second-order valence-corrected chi connectivity index (χ2v) is 8.19. The molecule has 2 saturated heterocycles. The Morgan fingerprint density at radius 1 is 1.17 bits per heavy atom. The fourth-order valence-electron chi connectivity index (χ4n) is 4.48. The second-order valence-electron chi connectivity index (χ2n) is 7.75. The zero-order chi connectivity index (χ0) is 18.3. The van der Waals surface area contributed by atoms with Crippen LogP contribution in [0.15, 0.2) is 42.7 Å². The number of rotatable bonds is 3. The van der Waals surface area contributed by atoms with Crippen LogP contribution in [0.2, 0.25) is 5.02 Å². The van der Waals surface area contributed by atoms with E-state index in [4.69, 9.17) is 21.3 Å². The summed E-state index contributed by atoms with van der Waals surface area (Å²) in [5, 5.41) is 4.12. The molecular weight excluding hydrogens is 431 g/mol. The number of halogens is 3. The first-order valence-corrected chi connectivity index (χ1v) is 10.0. The molecule has 5 rings (SSSR count). The molecule has 8 heteroatoms. The van der Waals surface area contributed by atoms with Crippen molar-refractivity contribution in [1.29, 1.82) is 0 Å². The first-order chi connectivity index (χ1) is 13.2. The standard InChI is InChI=1S/C21H23ClN4O.2ClH/c22-16-4-5-20-24-12-19(26(20)13-16)18-3-1-2-17(25-18)10-15-11-21(27-14-15)6-8-23-9-7-21;;/h1-5,12-13,15,23H,6-11,14H2;2*1H. The van der Waals surface area contributed by atoms with Gasteiger partial charge < -0.3 is 10.1 Å². The molecule has 0 amide bonds. The van der Waals surface area contributed by atoms with Crippen LogP contribution >= 0.6 is 36.4 Å². The van der Waals surface area contributed by atoms with Crippen molar-refractivity contribution in [2.75, 3.05) is 19.7 Å². The van der Waals surface area contributed by atoms with Crippen LogP contribution in [0.25, 0.3) is 17.0 Å². The molecule has 2 aliphatic heterocycles. The van der Waals surface area contributed by atoms with Gasteiger partial charge in [-0.2, -0.15) is 0 Å². The van der Waals surface area contributed by atoms with Crippen LogP contribution in [0.3, 0.4) is 0 Å². The van der Waals surface area contributed by atoms with Gasteiger partial charge in [-0.1, -0.05) is 17.7 Å². The van der Waals surface area contributed by atoms with Gasteiger partial charge >= 0.3 is 0 Å². The summed E-state index contributed by atoms with van der Waals surface area (Å²) in [5.41, 5.74) is 3.98. The molecule has 1 N–H and O–H groups in total. The highest BCUT2D eigenvalue weighted by Gasteiger charge is 2.41. The SMILES string of the molecule is Cl.Cl.Clc1ccc2ncc(-c3cccc(CC4COC5(CCNCC5)C4)n3)n2c1. The van der Waals surface area contributed by atoms with Crippen molar-refractivity contribution in [3.05, 3.63) is 53.4 Å². The van der Waals surface area contributed by atoms with Gasteiger partial charge in [-0.3, -0.25) is 9.38 Å². The van der Waals surface area contributed by atoms with Crippen LogP contribution in [0, 0.1) is 5.92 Å². The minimum atomic E-state index is 0. The van der Waals surface area contributed by atoms with Crippen molar-refractivity contribution in [1.82, 2.24) is 19.7 Å². The highest BCUT2D eigenvalue weighted by Crippen LogP contribution is 2.38. The molecule has 5 heterocycles. The summed E-state index contributed by atoms with van der Waals surface area (Å²) in [7, 11) is 0. The molecule has 1 unspecified atom stereocenters. The average Bonchev–Trinajstić information content (AvgIpc) is 3.27. The van der Waals surface area contributed by atoms with Gasteiger partial charge in [0.2, 0.25) is 0 Å². The molecule has 29 heavy (non-hydrogen) atoms. The van der Waals surface area contributed by atoms with E-state index < -0.39 is 0 Å². The molecule has 0 saturated carbocycles. The van der Waals surface area contributed by atoms with Gasteiger partial charge in [0.25, 0.3) is 0 Å². The maximum atomic E-state index is 6.24. The van der Waals surface area contributed by atoms with Crippen LogP contribution in [0.4, 0.5) is 0 Å². The Kier molecular flexibility index (Phi) is 7.07. The zero-order valence-corrected chi connectivity index (χ0v) is 18.4. The molecule has 0 bridgehead atoms. The summed E-state index contributed by atoms with van der Waals surface area (Å²) in [6, 6.07) is 10.0. The van der Waals surface area contributed by atoms with Gasteiger partial charge in [0.05, 0.1) is 34.8 Å². The molecule has 5 nitrogen and oxygen atoms in total. The smallest absolute Gasteiger partial charge is 0.137 e. The van der Waals surface area contributed by atoms with E-state index in [1.54, 1.807) is 0 Å². The molecule has 2 aliphatic rings. The Morgan fingerprint density at radius 3 is 2.83 bits per heavy atom. The van der Waals surface area contributed by atoms with Gasteiger partial charge in [-0.15, -0.1) is 24.8 Å². The van der Waals surface area contributed by atoms with Crippen LogP contribution in [0.1, 0.15) is 25.0 Å². The first-order valence-electron chi connectivity index (χ1n) is 9.64. The monoisotopic (exact) mass is 454 g/mol. The molecule has 3 aromatic heterocycles. The third-order valence-corrected chi connectivity index (χ3v) is 6.06. The lowest BCUT2D eigenvalue weighted by atomic mass is 9.85. The number of fused-ring (bicyclic) bond motifs is 1. The fourth-order valence-corrected chi connectivity index (χ4v) is 4.64. The summed E-state index contributed by atoms with van der Waals surface area (Å²) < 4.78 is 8.24. The van der Waals surface area contributed by atoms with E-state index in [1.165, 1.54) is 0 Å². The molecule has 0 radical (unpaired) electrons. The van der Waals surface area contributed by atoms with E-state index in [1.807, 2.05) is 35.0 Å². The molecule has 3 aromatic rings. The van der Waals surface area contributed by atoms with E-state index >= 15 is 0 Å². The van der Waals surface area contributed by atoms with Crippen molar-refractivity contribution < 1.29 is 4.74 Å². The lowest BCUT2D eigenvalue weighted by molar-refractivity contribution is -0.0196. The highest BCUT2D eigenvalue weighted by atomic mass is 35.5. The van der Waals surface area contributed by atoms with Crippen molar-refractivity contribution in [3.8, 4) is 11.4 Å². The third-order valence-electron chi connectivity index (χ3n) is 5.84. The van der Waals surface area contributed by atoms with Crippen molar-refractivity contribution in [2.24, 2.45) is 5.92 Å². The van der Waals surface area contributed by atoms with Gasteiger partial charge in [-0.25, -0.2) is 4.98 Å². The van der Waals surface area contributed by atoms with E-state index in [-0.39, 0.29) is 30.4 Å². The molecule has 2 fully saturated rings. The van der Waals surface area contributed by atoms with E-state index in [0.29, 0.717) is 10.9 Å². The molecular formula is C21H25Cl3N4O. The fraction of sp³-hybridized carbons (Fsp3) is 0.429. The number of nitrogens with one attached hydrogen (secondary N) is 1. The molecule has 0 aliphatic carbocycles. The number of hydrogen-bond donors (Lipinski definition) is 1. The molecule has 1 atom stereocenters. The minimum absolute atomic E-state index is 0. The summed E-state index contributed by atoms with van der Waals surface area (Å²) in [5.74, 6) is 0.544. The normalized spacial score (nSPS) is 20.4. The number of aromatic nitrogens is 3. The molecule has 0 aromatic carbocycles. The summed E-state index contributed by atoms with van der Waals surface area (Å²) in [6.07, 6.45) is 8.10. The third kappa shape index (κ3) is 4.54. The molecule has 1 spiro atoms. The number of ether oxygens (including phenoxy) is 1. The van der Waals surface area contributed by atoms with Gasteiger partial charge in [0.15, 0.2) is 0 Å². The topological polar surface area (TPSA) is 51.5 Å². The van der Waals surface area contributed by atoms with Gasteiger partial charge in [0, 0.05) is 11.9 Å². The second kappa shape index (κ2) is 9.19. The highest BCUT2D eigenvalue weighted by molar-refractivity contribution is 6.30. The Labute approximate surface area is 188 Å². The summed E-state index contributed by atoms with van der Waals surface area (Å²) in [6.45, 7) is 2.98. The Balaban J connectivity index is 0.00000120. The van der Waals surface area contributed by atoms with Crippen LogP contribution < -0.4 is 5.32 Å². The van der Waals surface area contributed by atoms with Crippen molar-refractivity contribution in [2.45, 2.75) is 31.3 Å². The summed E-state index contributed by atoms with van der Waals surface area (Å²) in [4.78, 5) is 9.38. The Morgan fingerprint density at radius 2 is 2.00 bits per heavy atom.